The number of halogens is 1. The molecule has 2 atom stereocenters. The molecule has 106 valence electrons. The van der Waals surface area contributed by atoms with E-state index in [1.54, 1.807) is 0 Å². The highest BCUT2D eigenvalue weighted by atomic mass is 79.9. The zero-order valence-electron chi connectivity index (χ0n) is 11.6. The summed E-state index contributed by atoms with van der Waals surface area (Å²) < 4.78 is 6.29. The number of carbonyl (C=O) groups is 1. The number of ether oxygens (including phenoxy) is 1. The van der Waals surface area contributed by atoms with Crippen LogP contribution in [0.25, 0.3) is 0 Å². The van der Waals surface area contributed by atoms with E-state index in [0.717, 1.165) is 29.3 Å². The lowest BCUT2D eigenvalue weighted by atomic mass is 10.0. The van der Waals surface area contributed by atoms with Gasteiger partial charge in [-0.3, -0.25) is 4.79 Å². The zero-order chi connectivity index (χ0) is 14.3. The largest absolute Gasteiger partial charge is 0.461 e. The first-order valence-corrected chi connectivity index (χ1v) is 7.45. The summed E-state index contributed by atoms with van der Waals surface area (Å²) in [7, 11) is 0. The van der Waals surface area contributed by atoms with Crippen molar-refractivity contribution in [3.63, 3.8) is 0 Å². The lowest BCUT2D eigenvalue weighted by Gasteiger charge is -2.12. The summed E-state index contributed by atoms with van der Waals surface area (Å²) in [5, 5.41) is 0. The molecule has 2 unspecified atom stereocenters. The third-order valence-corrected chi connectivity index (χ3v) is 3.80. The summed E-state index contributed by atoms with van der Waals surface area (Å²) in [4.78, 5) is 11.8. The highest BCUT2D eigenvalue weighted by Gasteiger charge is 2.14. The van der Waals surface area contributed by atoms with Crippen LogP contribution >= 0.6 is 15.9 Å². The van der Waals surface area contributed by atoms with Crippen molar-refractivity contribution in [2.75, 3.05) is 0 Å². The molecule has 0 heterocycles. The van der Waals surface area contributed by atoms with Gasteiger partial charge < -0.3 is 10.5 Å². The highest BCUT2D eigenvalue weighted by Crippen LogP contribution is 2.18. The second-order valence-electron chi connectivity index (χ2n) is 5.01. The quantitative estimate of drug-likeness (QED) is 0.778. The van der Waals surface area contributed by atoms with Crippen molar-refractivity contribution in [2.45, 2.75) is 45.8 Å². The van der Waals surface area contributed by atoms with Gasteiger partial charge in [0.2, 0.25) is 0 Å². The summed E-state index contributed by atoms with van der Waals surface area (Å²) in [6, 6.07) is 7.95. The Morgan fingerprint density at radius 3 is 2.63 bits per heavy atom. The molecule has 1 aromatic rings. The SMILES string of the molecule is CC(N)CCCC(C)C(=O)OCc1ccccc1Br. The average Bonchev–Trinajstić information content (AvgIpc) is 2.36. The molecule has 0 aliphatic carbocycles. The van der Waals surface area contributed by atoms with Crippen LogP contribution in [0.15, 0.2) is 28.7 Å². The first-order valence-electron chi connectivity index (χ1n) is 6.66. The fourth-order valence-electron chi connectivity index (χ4n) is 1.77. The zero-order valence-corrected chi connectivity index (χ0v) is 13.2. The maximum Gasteiger partial charge on any atom is 0.308 e. The van der Waals surface area contributed by atoms with Crippen LogP contribution in [0, 0.1) is 5.92 Å². The van der Waals surface area contributed by atoms with Crippen LogP contribution in [0.3, 0.4) is 0 Å². The van der Waals surface area contributed by atoms with Crippen molar-refractivity contribution in [1.82, 2.24) is 0 Å². The second kappa shape index (κ2) is 8.33. The van der Waals surface area contributed by atoms with Crippen LogP contribution in [0.2, 0.25) is 0 Å². The molecule has 0 amide bonds. The third-order valence-electron chi connectivity index (χ3n) is 3.03. The van der Waals surface area contributed by atoms with E-state index in [-0.39, 0.29) is 17.9 Å². The lowest BCUT2D eigenvalue weighted by Crippen LogP contribution is -2.17. The molecule has 2 N–H and O–H groups in total. The number of hydrogen-bond donors (Lipinski definition) is 1. The Labute approximate surface area is 123 Å². The van der Waals surface area contributed by atoms with Gasteiger partial charge in [-0.2, -0.15) is 0 Å². The number of rotatable bonds is 7. The number of carbonyl (C=O) groups excluding carboxylic acids is 1. The van der Waals surface area contributed by atoms with Crippen molar-refractivity contribution < 1.29 is 9.53 Å². The minimum Gasteiger partial charge on any atom is -0.461 e. The van der Waals surface area contributed by atoms with Crippen LogP contribution in [-0.4, -0.2) is 12.0 Å². The molecule has 0 radical (unpaired) electrons. The van der Waals surface area contributed by atoms with Crippen molar-refractivity contribution in [3.05, 3.63) is 34.3 Å². The van der Waals surface area contributed by atoms with E-state index in [4.69, 9.17) is 10.5 Å². The minimum absolute atomic E-state index is 0.0683. The van der Waals surface area contributed by atoms with Gasteiger partial charge in [0.1, 0.15) is 6.61 Å². The second-order valence-corrected chi connectivity index (χ2v) is 5.86. The third kappa shape index (κ3) is 6.21. The Bertz CT molecular complexity index is 407. The average molecular weight is 328 g/mol. The van der Waals surface area contributed by atoms with Crippen molar-refractivity contribution in [1.29, 1.82) is 0 Å². The number of benzene rings is 1. The van der Waals surface area contributed by atoms with Crippen LogP contribution in [0.5, 0.6) is 0 Å². The van der Waals surface area contributed by atoms with Crippen LogP contribution < -0.4 is 5.73 Å². The number of esters is 1. The Morgan fingerprint density at radius 1 is 1.32 bits per heavy atom. The molecule has 0 spiro atoms. The van der Waals surface area contributed by atoms with Crippen molar-refractivity contribution in [3.8, 4) is 0 Å². The van der Waals surface area contributed by atoms with E-state index in [0.29, 0.717) is 6.61 Å². The monoisotopic (exact) mass is 327 g/mol. The van der Waals surface area contributed by atoms with Crippen LogP contribution in [0.4, 0.5) is 0 Å². The summed E-state index contributed by atoms with van der Waals surface area (Å²) >= 11 is 3.44. The topological polar surface area (TPSA) is 52.3 Å². The van der Waals surface area contributed by atoms with E-state index in [1.165, 1.54) is 0 Å². The fourth-order valence-corrected chi connectivity index (χ4v) is 2.17. The molecule has 0 fully saturated rings. The molecule has 0 aliphatic rings. The van der Waals surface area contributed by atoms with Crippen LogP contribution in [-0.2, 0) is 16.1 Å². The Morgan fingerprint density at radius 2 is 2.00 bits per heavy atom. The molecule has 1 aromatic carbocycles. The lowest BCUT2D eigenvalue weighted by molar-refractivity contribution is -0.149. The van der Waals surface area contributed by atoms with E-state index in [1.807, 2.05) is 38.1 Å². The van der Waals surface area contributed by atoms with Crippen molar-refractivity contribution in [2.24, 2.45) is 11.7 Å². The molecular formula is C15H22BrNO2. The number of hydrogen-bond acceptors (Lipinski definition) is 3. The smallest absolute Gasteiger partial charge is 0.308 e. The minimum atomic E-state index is -0.138. The van der Waals surface area contributed by atoms with Gasteiger partial charge in [0.25, 0.3) is 0 Å². The van der Waals surface area contributed by atoms with Gasteiger partial charge in [0.15, 0.2) is 0 Å². The first kappa shape index (κ1) is 16.2. The van der Waals surface area contributed by atoms with Crippen LogP contribution in [0.1, 0.15) is 38.7 Å². The summed E-state index contributed by atoms with van der Waals surface area (Å²) in [6.07, 6.45) is 2.74. The predicted molar refractivity (Wildman–Crippen MR) is 80.6 cm³/mol. The van der Waals surface area contributed by atoms with Gasteiger partial charge in [0.05, 0.1) is 5.92 Å². The van der Waals surface area contributed by atoms with Gasteiger partial charge in [0, 0.05) is 16.1 Å². The highest BCUT2D eigenvalue weighted by molar-refractivity contribution is 9.10. The maximum absolute atomic E-state index is 11.8. The Hall–Kier alpha value is -0.870. The molecule has 0 saturated carbocycles. The molecular weight excluding hydrogens is 306 g/mol. The standard InChI is InChI=1S/C15H22BrNO2/c1-11(6-5-7-12(2)17)15(18)19-10-13-8-3-4-9-14(13)16/h3-4,8-9,11-12H,5-7,10,17H2,1-2H3. The van der Waals surface area contributed by atoms with Gasteiger partial charge in [-0.05, 0) is 25.8 Å². The van der Waals surface area contributed by atoms with Gasteiger partial charge in [-0.25, -0.2) is 0 Å². The molecule has 3 nitrogen and oxygen atoms in total. The molecule has 0 bridgehead atoms. The predicted octanol–water partition coefficient (Wildman–Crippen LogP) is 3.65. The molecule has 4 heteroatoms. The molecule has 0 aliphatic heterocycles. The van der Waals surface area contributed by atoms with E-state index in [2.05, 4.69) is 15.9 Å². The summed E-state index contributed by atoms with van der Waals surface area (Å²) in [5.41, 5.74) is 6.67. The van der Waals surface area contributed by atoms with E-state index in [9.17, 15) is 4.79 Å². The van der Waals surface area contributed by atoms with Gasteiger partial charge in [-0.15, -0.1) is 0 Å². The molecule has 0 saturated heterocycles. The van der Waals surface area contributed by atoms with Gasteiger partial charge in [-0.1, -0.05) is 47.5 Å². The Balaban J connectivity index is 2.32. The number of nitrogens with two attached hydrogens (primary N) is 1. The fraction of sp³-hybridized carbons (Fsp3) is 0.533. The molecule has 0 aromatic heterocycles. The van der Waals surface area contributed by atoms with Crippen molar-refractivity contribution >= 4 is 21.9 Å². The first-order chi connectivity index (χ1) is 9.00. The molecule has 19 heavy (non-hydrogen) atoms. The normalized spacial score (nSPS) is 13.9. The summed E-state index contributed by atoms with van der Waals surface area (Å²) in [5.74, 6) is -0.207. The summed E-state index contributed by atoms with van der Waals surface area (Å²) in [6.45, 7) is 4.21. The van der Waals surface area contributed by atoms with E-state index >= 15 is 0 Å². The van der Waals surface area contributed by atoms with Gasteiger partial charge >= 0.3 is 5.97 Å². The maximum atomic E-state index is 11.8. The molecule has 1 rings (SSSR count). The van der Waals surface area contributed by atoms with E-state index < -0.39 is 0 Å². The Kier molecular flexibility index (Phi) is 7.10.